The standard InChI is InChI=1S/C19H18N2O3S2/c1-13(18(23)21(2)14-8-4-3-5-9-14)24-17(22)12-25-19-20-15-10-6-7-11-16(15)26-19/h3-11,13H,12H2,1-2H3/t13-/m0/s1. The van der Waals surface area contributed by atoms with Crippen LogP contribution in [-0.4, -0.2) is 35.8 Å². The fourth-order valence-corrected chi connectivity index (χ4v) is 4.22. The third-order valence-electron chi connectivity index (χ3n) is 3.72. The lowest BCUT2D eigenvalue weighted by molar-refractivity contribution is -0.151. The maximum atomic E-state index is 12.4. The summed E-state index contributed by atoms with van der Waals surface area (Å²) in [7, 11) is 1.66. The number of thioether (sulfide) groups is 1. The van der Waals surface area contributed by atoms with E-state index >= 15 is 0 Å². The zero-order valence-corrected chi connectivity index (χ0v) is 16.0. The van der Waals surface area contributed by atoms with Crippen LogP contribution >= 0.6 is 23.1 Å². The van der Waals surface area contributed by atoms with Crippen molar-refractivity contribution in [2.45, 2.75) is 17.4 Å². The Morgan fingerprint density at radius 2 is 1.85 bits per heavy atom. The molecule has 1 heterocycles. The molecule has 7 heteroatoms. The molecule has 1 amide bonds. The van der Waals surface area contributed by atoms with E-state index in [0.717, 1.165) is 20.2 Å². The minimum Gasteiger partial charge on any atom is -0.452 e. The normalized spacial score (nSPS) is 11.9. The molecule has 0 fully saturated rings. The summed E-state index contributed by atoms with van der Waals surface area (Å²) in [5.41, 5.74) is 1.67. The minimum absolute atomic E-state index is 0.118. The summed E-state index contributed by atoms with van der Waals surface area (Å²) >= 11 is 2.86. The Morgan fingerprint density at radius 1 is 1.15 bits per heavy atom. The summed E-state index contributed by atoms with van der Waals surface area (Å²) in [6, 6.07) is 17.1. The summed E-state index contributed by atoms with van der Waals surface area (Å²) in [5, 5.41) is 0. The lowest BCUT2D eigenvalue weighted by Crippen LogP contribution is -2.37. The Kier molecular flexibility index (Phi) is 5.90. The van der Waals surface area contributed by atoms with Gasteiger partial charge < -0.3 is 9.64 Å². The lowest BCUT2D eigenvalue weighted by Gasteiger charge is -2.21. The number of hydrogen-bond acceptors (Lipinski definition) is 6. The van der Waals surface area contributed by atoms with E-state index in [2.05, 4.69) is 4.98 Å². The summed E-state index contributed by atoms with van der Waals surface area (Å²) in [6.07, 6.45) is -0.844. The van der Waals surface area contributed by atoms with Crippen molar-refractivity contribution in [1.82, 2.24) is 4.98 Å². The van der Waals surface area contributed by atoms with E-state index in [0.29, 0.717) is 0 Å². The first-order valence-electron chi connectivity index (χ1n) is 8.05. The van der Waals surface area contributed by atoms with E-state index in [9.17, 15) is 9.59 Å². The SMILES string of the molecule is C[C@H](OC(=O)CSc1nc2ccccc2s1)C(=O)N(C)c1ccccc1. The molecule has 0 saturated carbocycles. The van der Waals surface area contributed by atoms with Crippen LogP contribution in [0.25, 0.3) is 10.2 Å². The second-order valence-electron chi connectivity index (χ2n) is 5.60. The number of carbonyl (C=O) groups excluding carboxylic acids is 2. The van der Waals surface area contributed by atoms with Crippen molar-refractivity contribution in [2.24, 2.45) is 0 Å². The van der Waals surface area contributed by atoms with Gasteiger partial charge >= 0.3 is 5.97 Å². The van der Waals surface area contributed by atoms with Crippen molar-refractivity contribution in [2.75, 3.05) is 17.7 Å². The predicted octanol–water partition coefficient (Wildman–Crippen LogP) is 3.98. The molecular formula is C19H18N2O3S2. The van der Waals surface area contributed by atoms with Crippen molar-refractivity contribution in [3.63, 3.8) is 0 Å². The molecule has 5 nitrogen and oxygen atoms in total. The average Bonchev–Trinajstić information content (AvgIpc) is 3.09. The second kappa shape index (κ2) is 8.33. The van der Waals surface area contributed by atoms with Crippen molar-refractivity contribution in [1.29, 1.82) is 0 Å². The van der Waals surface area contributed by atoms with Crippen LogP contribution in [0.15, 0.2) is 58.9 Å². The fraction of sp³-hybridized carbons (Fsp3) is 0.211. The van der Waals surface area contributed by atoms with Crippen molar-refractivity contribution in [3.05, 3.63) is 54.6 Å². The first-order chi connectivity index (χ1) is 12.5. The van der Waals surface area contributed by atoms with E-state index in [1.165, 1.54) is 28.0 Å². The van der Waals surface area contributed by atoms with E-state index in [4.69, 9.17) is 4.74 Å². The molecule has 26 heavy (non-hydrogen) atoms. The maximum absolute atomic E-state index is 12.4. The van der Waals surface area contributed by atoms with Crippen LogP contribution in [0.5, 0.6) is 0 Å². The quantitative estimate of drug-likeness (QED) is 0.474. The van der Waals surface area contributed by atoms with Gasteiger partial charge in [-0.2, -0.15) is 0 Å². The number of ether oxygens (including phenoxy) is 1. The molecule has 0 saturated heterocycles. The minimum atomic E-state index is -0.844. The molecule has 3 aromatic rings. The molecule has 0 aliphatic carbocycles. The monoisotopic (exact) mass is 386 g/mol. The van der Waals surface area contributed by atoms with Crippen molar-refractivity contribution < 1.29 is 14.3 Å². The van der Waals surface area contributed by atoms with Crippen molar-refractivity contribution >= 4 is 50.9 Å². The largest absolute Gasteiger partial charge is 0.452 e. The Morgan fingerprint density at radius 3 is 2.58 bits per heavy atom. The zero-order chi connectivity index (χ0) is 18.5. The predicted molar refractivity (Wildman–Crippen MR) is 106 cm³/mol. The van der Waals surface area contributed by atoms with Gasteiger partial charge in [-0.25, -0.2) is 4.98 Å². The van der Waals surface area contributed by atoms with Crippen LogP contribution in [-0.2, 0) is 14.3 Å². The van der Waals surface area contributed by atoms with E-state index in [1.807, 2.05) is 54.6 Å². The molecule has 0 bridgehead atoms. The lowest BCUT2D eigenvalue weighted by atomic mass is 10.2. The van der Waals surface area contributed by atoms with E-state index in [-0.39, 0.29) is 11.7 Å². The van der Waals surface area contributed by atoms with Crippen LogP contribution in [0, 0.1) is 0 Å². The van der Waals surface area contributed by atoms with Gasteiger partial charge in [0.05, 0.1) is 16.0 Å². The van der Waals surface area contributed by atoms with Crippen LogP contribution in [0.3, 0.4) is 0 Å². The van der Waals surface area contributed by atoms with Gasteiger partial charge in [-0.3, -0.25) is 9.59 Å². The molecule has 0 aliphatic heterocycles. The van der Waals surface area contributed by atoms with Crippen LogP contribution in [0.1, 0.15) is 6.92 Å². The highest BCUT2D eigenvalue weighted by Gasteiger charge is 2.22. The smallest absolute Gasteiger partial charge is 0.317 e. The second-order valence-corrected chi connectivity index (χ2v) is 7.85. The number of rotatable bonds is 6. The number of hydrogen-bond donors (Lipinski definition) is 0. The summed E-state index contributed by atoms with van der Waals surface area (Å²) in [6.45, 7) is 1.59. The van der Waals surface area contributed by atoms with Crippen LogP contribution < -0.4 is 4.90 Å². The first kappa shape index (κ1) is 18.4. The molecule has 0 N–H and O–H groups in total. The molecular weight excluding hydrogens is 368 g/mol. The number of para-hydroxylation sites is 2. The van der Waals surface area contributed by atoms with Gasteiger partial charge in [-0.1, -0.05) is 42.1 Å². The number of nitrogens with zero attached hydrogens (tertiary/aromatic N) is 2. The number of amides is 1. The number of aromatic nitrogens is 1. The number of likely N-dealkylation sites (N-methyl/N-ethyl adjacent to an activating group) is 1. The Bertz CT molecular complexity index is 878. The van der Waals surface area contributed by atoms with Crippen molar-refractivity contribution in [3.8, 4) is 0 Å². The van der Waals surface area contributed by atoms with Gasteiger partial charge in [-0.05, 0) is 31.2 Å². The molecule has 2 aromatic carbocycles. The molecule has 1 aromatic heterocycles. The van der Waals surface area contributed by atoms with Crippen LogP contribution in [0.4, 0.5) is 5.69 Å². The van der Waals surface area contributed by atoms with Crippen LogP contribution in [0.2, 0.25) is 0 Å². The molecule has 3 rings (SSSR count). The topological polar surface area (TPSA) is 59.5 Å². The maximum Gasteiger partial charge on any atom is 0.317 e. The molecule has 0 unspecified atom stereocenters. The first-order valence-corrected chi connectivity index (χ1v) is 9.85. The van der Waals surface area contributed by atoms with Gasteiger partial charge in [0.2, 0.25) is 0 Å². The zero-order valence-electron chi connectivity index (χ0n) is 14.4. The third-order valence-corrected chi connectivity index (χ3v) is 5.87. The highest BCUT2D eigenvalue weighted by Crippen LogP contribution is 2.29. The Balaban J connectivity index is 1.53. The summed E-state index contributed by atoms with van der Waals surface area (Å²) in [4.78, 5) is 30.4. The van der Waals surface area contributed by atoms with Gasteiger partial charge in [0, 0.05) is 12.7 Å². The van der Waals surface area contributed by atoms with Gasteiger partial charge in [0.15, 0.2) is 10.4 Å². The van der Waals surface area contributed by atoms with Gasteiger partial charge in [0.1, 0.15) is 0 Å². The number of esters is 1. The highest BCUT2D eigenvalue weighted by molar-refractivity contribution is 8.01. The number of thiazole rings is 1. The Hall–Kier alpha value is -2.38. The van der Waals surface area contributed by atoms with Gasteiger partial charge in [0.25, 0.3) is 5.91 Å². The van der Waals surface area contributed by atoms with E-state index in [1.54, 1.807) is 14.0 Å². The molecule has 0 aliphatic rings. The number of fused-ring (bicyclic) bond motifs is 1. The Labute approximate surface area is 160 Å². The van der Waals surface area contributed by atoms with E-state index < -0.39 is 12.1 Å². The summed E-state index contributed by atoms with van der Waals surface area (Å²) < 4.78 is 7.17. The molecule has 1 atom stereocenters. The fourth-order valence-electron chi connectivity index (χ4n) is 2.37. The third kappa shape index (κ3) is 4.42. The van der Waals surface area contributed by atoms with Gasteiger partial charge in [-0.15, -0.1) is 11.3 Å². The molecule has 0 radical (unpaired) electrons. The number of anilines is 1. The number of benzene rings is 2. The highest BCUT2D eigenvalue weighted by atomic mass is 32.2. The molecule has 134 valence electrons. The average molecular weight is 386 g/mol. The molecule has 0 spiro atoms. The number of carbonyl (C=O) groups is 2. The summed E-state index contributed by atoms with van der Waals surface area (Å²) in [5.74, 6) is -0.585.